The molecule has 4 atom stereocenters. The minimum Gasteiger partial charge on any atom is -0.382 e. The molecule has 1 N–H and O–H groups in total. The number of hydrogen-bond donors (Lipinski definition) is 1. The Morgan fingerprint density at radius 2 is 1.95 bits per heavy atom. The molecule has 3 heteroatoms. The highest BCUT2D eigenvalue weighted by molar-refractivity contribution is 4.90. The number of rotatable bonds is 7. The van der Waals surface area contributed by atoms with Crippen LogP contribution in [0.15, 0.2) is 0 Å². The van der Waals surface area contributed by atoms with Gasteiger partial charge in [-0.05, 0) is 50.5 Å². The average Bonchev–Trinajstić information content (AvgIpc) is 2.36. The lowest BCUT2D eigenvalue weighted by atomic mass is 9.70. The molecule has 0 radical (unpaired) electrons. The first-order valence-electron chi connectivity index (χ1n) is 8.26. The van der Waals surface area contributed by atoms with Crippen LogP contribution in [0.5, 0.6) is 0 Å². The first-order chi connectivity index (χ1) is 9.38. The Balaban J connectivity index is 2.62. The van der Waals surface area contributed by atoms with Gasteiger partial charge in [0.25, 0.3) is 0 Å². The van der Waals surface area contributed by atoms with Crippen LogP contribution in [0.3, 0.4) is 0 Å². The van der Waals surface area contributed by atoms with Gasteiger partial charge in [-0.2, -0.15) is 0 Å². The monoisotopic (exact) mass is 285 g/mol. The molecule has 0 aromatic heterocycles. The first kappa shape index (κ1) is 17.9. The summed E-state index contributed by atoms with van der Waals surface area (Å²) in [7, 11) is 1.74. The Kier molecular flexibility index (Phi) is 7.49. The fourth-order valence-electron chi connectivity index (χ4n) is 3.20. The van der Waals surface area contributed by atoms with Crippen molar-refractivity contribution < 1.29 is 9.47 Å². The van der Waals surface area contributed by atoms with Gasteiger partial charge in [-0.1, -0.05) is 27.7 Å². The summed E-state index contributed by atoms with van der Waals surface area (Å²) >= 11 is 0. The van der Waals surface area contributed by atoms with Crippen molar-refractivity contribution in [2.75, 3.05) is 20.3 Å². The number of ether oxygens (including phenoxy) is 2. The molecule has 0 heterocycles. The molecule has 0 aliphatic heterocycles. The molecular formula is C17H35NO2. The van der Waals surface area contributed by atoms with Crippen molar-refractivity contribution >= 4 is 0 Å². The third-order valence-electron chi connectivity index (χ3n) is 4.48. The fourth-order valence-corrected chi connectivity index (χ4v) is 3.20. The van der Waals surface area contributed by atoms with E-state index in [1.807, 2.05) is 0 Å². The minimum absolute atomic E-state index is 0.176. The van der Waals surface area contributed by atoms with E-state index in [0.717, 1.165) is 12.5 Å². The lowest BCUT2D eigenvalue weighted by Crippen LogP contribution is -2.49. The molecule has 1 aliphatic carbocycles. The van der Waals surface area contributed by atoms with E-state index in [2.05, 4.69) is 39.9 Å². The van der Waals surface area contributed by atoms with Gasteiger partial charge in [0.1, 0.15) is 0 Å². The van der Waals surface area contributed by atoms with E-state index in [0.29, 0.717) is 24.2 Å². The summed E-state index contributed by atoms with van der Waals surface area (Å²) in [5.74, 6) is 0.752. The van der Waals surface area contributed by atoms with Crippen LogP contribution in [-0.2, 0) is 9.47 Å². The maximum absolute atomic E-state index is 6.28. The predicted molar refractivity (Wildman–Crippen MR) is 85.1 cm³/mol. The van der Waals surface area contributed by atoms with Gasteiger partial charge in [-0.25, -0.2) is 0 Å². The van der Waals surface area contributed by atoms with Gasteiger partial charge in [0.2, 0.25) is 0 Å². The third-order valence-corrected chi connectivity index (χ3v) is 4.48. The highest BCUT2D eigenvalue weighted by atomic mass is 16.5. The lowest BCUT2D eigenvalue weighted by molar-refractivity contribution is -0.0828. The Morgan fingerprint density at radius 3 is 2.50 bits per heavy atom. The maximum atomic E-state index is 6.28. The number of methoxy groups -OCH3 is 1. The normalized spacial score (nSPS) is 29.4. The molecule has 0 bridgehead atoms. The second-order valence-electron chi connectivity index (χ2n) is 7.38. The van der Waals surface area contributed by atoms with Gasteiger partial charge in [-0.3, -0.25) is 0 Å². The largest absolute Gasteiger partial charge is 0.382 e. The predicted octanol–water partition coefficient (Wildman–Crippen LogP) is 3.62. The summed E-state index contributed by atoms with van der Waals surface area (Å²) in [6.07, 6.45) is 5.38. The zero-order chi connectivity index (χ0) is 15.2. The molecule has 120 valence electrons. The highest BCUT2D eigenvalue weighted by Gasteiger charge is 2.36. The van der Waals surface area contributed by atoms with E-state index in [-0.39, 0.29) is 6.10 Å². The molecule has 0 amide bonds. The summed E-state index contributed by atoms with van der Waals surface area (Å²) in [6.45, 7) is 13.2. The summed E-state index contributed by atoms with van der Waals surface area (Å²) in [4.78, 5) is 0. The standard InChI is InChI=1S/C17H35NO2/c1-7-10-18-15-9-8-14(17(3,4)5)11-16(15)20-13(2)12-19-6/h13-16,18H,7-12H2,1-6H3. The zero-order valence-corrected chi connectivity index (χ0v) is 14.4. The maximum Gasteiger partial charge on any atom is 0.0784 e. The Morgan fingerprint density at radius 1 is 1.25 bits per heavy atom. The van der Waals surface area contributed by atoms with Gasteiger partial charge in [0.15, 0.2) is 0 Å². The van der Waals surface area contributed by atoms with Gasteiger partial charge in [0.05, 0.1) is 18.8 Å². The van der Waals surface area contributed by atoms with E-state index >= 15 is 0 Å². The fraction of sp³-hybridized carbons (Fsp3) is 1.00. The smallest absolute Gasteiger partial charge is 0.0784 e. The quantitative estimate of drug-likeness (QED) is 0.775. The summed E-state index contributed by atoms with van der Waals surface area (Å²) in [6, 6.07) is 0.507. The molecule has 1 fully saturated rings. The van der Waals surface area contributed by atoms with Crippen molar-refractivity contribution in [3.8, 4) is 0 Å². The molecular weight excluding hydrogens is 250 g/mol. The Bertz CT molecular complexity index is 262. The number of nitrogens with one attached hydrogen (secondary N) is 1. The molecule has 1 rings (SSSR count). The van der Waals surface area contributed by atoms with Crippen LogP contribution in [0.2, 0.25) is 0 Å². The van der Waals surface area contributed by atoms with Gasteiger partial charge < -0.3 is 14.8 Å². The van der Waals surface area contributed by atoms with Gasteiger partial charge in [0, 0.05) is 13.2 Å². The second kappa shape index (κ2) is 8.35. The topological polar surface area (TPSA) is 30.5 Å². The van der Waals surface area contributed by atoms with E-state index in [9.17, 15) is 0 Å². The van der Waals surface area contributed by atoms with Crippen LogP contribution in [-0.4, -0.2) is 38.5 Å². The molecule has 1 aliphatic rings. The summed E-state index contributed by atoms with van der Waals surface area (Å²) in [5.41, 5.74) is 0.377. The third kappa shape index (κ3) is 5.71. The van der Waals surface area contributed by atoms with E-state index in [1.54, 1.807) is 7.11 Å². The van der Waals surface area contributed by atoms with Gasteiger partial charge in [-0.15, -0.1) is 0 Å². The molecule has 4 unspecified atom stereocenters. The Hall–Kier alpha value is -0.120. The van der Waals surface area contributed by atoms with Crippen LogP contribution < -0.4 is 5.32 Å². The zero-order valence-electron chi connectivity index (χ0n) is 14.4. The SMILES string of the molecule is CCCNC1CCC(C(C)(C)C)CC1OC(C)COC. The molecule has 20 heavy (non-hydrogen) atoms. The molecule has 0 aromatic carbocycles. The minimum atomic E-state index is 0.176. The molecule has 1 saturated carbocycles. The van der Waals surface area contributed by atoms with Crippen LogP contribution in [0.1, 0.15) is 60.3 Å². The highest BCUT2D eigenvalue weighted by Crippen LogP contribution is 2.39. The average molecular weight is 285 g/mol. The Labute approximate surface area is 125 Å². The van der Waals surface area contributed by atoms with Crippen molar-refractivity contribution in [2.24, 2.45) is 11.3 Å². The number of hydrogen-bond acceptors (Lipinski definition) is 3. The molecule has 0 aromatic rings. The molecule has 0 spiro atoms. The van der Waals surface area contributed by atoms with Gasteiger partial charge >= 0.3 is 0 Å². The summed E-state index contributed by atoms with van der Waals surface area (Å²) in [5, 5.41) is 3.68. The van der Waals surface area contributed by atoms with Crippen molar-refractivity contribution in [1.29, 1.82) is 0 Å². The summed E-state index contributed by atoms with van der Waals surface area (Å²) < 4.78 is 11.5. The van der Waals surface area contributed by atoms with E-state index < -0.39 is 0 Å². The van der Waals surface area contributed by atoms with Crippen molar-refractivity contribution in [3.05, 3.63) is 0 Å². The second-order valence-corrected chi connectivity index (χ2v) is 7.38. The van der Waals surface area contributed by atoms with E-state index in [4.69, 9.17) is 9.47 Å². The van der Waals surface area contributed by atoms with Crippen molar-refractivity contribution in [1.82, 2.24) is 5.32 Å². The van der Waals surface area contributed by atoms with Crippen LogP contribution in [0, 0.1) is 11.3 Å². The molecule has 0 saturated heterocycles. The van der Waals surface area contributed by atoms with Crippen molar-refractivity contribution in [3.63, 3.8) is 0 Å². The van der Waals surface area contributed by atoms with Crippen LogP contribution in [0.25, 0.3) is 0 Å². The van der Waals surface area contributed by atoms with Crippen molar-refractivity contribution in [2.45, 2.75) is 78.6 Å². The lowest BCUT2D eigenvalue weighted by Gasteiger charge is -2.42. The first-order valence-corrected chi connectivity index (χ1v) is 8.26. The van der Waals surface area contributed by atoms with Crippen LogP contribution >= 0.6 is 0 Å². The van der Waals surface area contributed by atoms with E-state index in [1.165, 1.54) is 25.7 Å². The van der Waals surface area contributed by atoms with Crippen LogP contribution in [0.4, 0.5) is 0 Å². The molecule has 3 nitrogen and oxygen atoms in total.